The maximum atomic E-state index is 12.7. The van der Waals surface area contributed by atoms with Gasteiger partial charge in [-0.05, 0) is 123 Å². The number of aromatic nitrogens is 8. The Balaban J connectivity index is 0.000000128. The molecule has 81 heavy (non-hydrogen) atoms. The number of alkyl halides is 3. The van der Waals surface area contributed by atoms with Gasteiger partial charge in [0.15, 0.2) is 0 Å². The van der Waals surface area contributed by atoms with Gasteiger partial charge in [-0.1, -0.05) is 104 Å². The number of rotatable bonds is 12. The Morgan fingerprint density at radius 2 is 0.753 bits per heavy atom. The lowest BCUT2D eigenvalue weighted by Gasteiger charge is -2.27. The normalized spacial score (nSPS) is 14.9. The minimum atomic E-state index is -4.43. The topological polar surface area (TPSA) is 149 Å². The van der Waals surface area contributed by atoms with Gasteiger partial charge < -0.3 is 30.7 Å². The zero-order chi connectivity index (χ0) is 55.2. The maximum Gasteiger partial charge on any atom is 0.433 e. The van der Waals surface area contributed by atoms with Gasteiger partial charge in [0, 0.05) is 92.8 Å². The van der Waals surface area contributed by atoms with Crippen LogP contribution in [-0.2, 0) is 25.8 Å². The molecule has 0 aliphatic carbocycles. The number of piperidine rings is 2. The number of hydrogen-bond donors (Lipinski definition) is 3. The molecule has 8 heterocycles. The van der Waals surface area contributed by atoms with Gasteiger partial charge in [-0.3, -0.25) is 9.97 Å². The van der Waals surface area contributed by atoms with Crippen molar-refractivity contribution in [1.82, 2.24) is 39.9 Å². The summed E-state index contributed by atoms with van der Waals surface area (Å²) in [5.41, 5.74) is 6.07. The van der Waals surface area contributed by atoms with Crippen molar-refractivity contribution in [3.05, 3.63) is 180 Å². The molecule has 0 amide bonds. The number of pyridine rings is 2. The number of hydrogen-bond acceptors (Lipinski definition) is 14. The monoisotopic (exact) mass is 1090 g/mol. The summed E-state index contributed by atoms with van der Waals surface area (Å²) in [6, 6.07) is 47.4. The van der Waals surface area contributed by atoms with Crippen LogP contribution in [0.1, 0.15) is 86.6 Å². The first kappa shape index (κ1) is 54.2. The molecule has 3 aliphatic rings. The standard InChI is InChI=1S/C23H23N5.C21H24N4.C20H20F3N5/c1-6-14-28(15-7-1)23-26-21-11-5-3-9-19(21)22(27-23)25-16-17-12-13-24-20-10-4-2-8-18(17)20;1-2-9-15-25(14-8-1)21-23-19-13-7-6-12-18(19)20(24-21)22-16-17-10-4-3-5-11-17;21-20(22,23)17-9-8-14(12-24-17)13-25-18-15-6-2-3-7-16(15)26-19(27-18)28-10-4-1-5-11-28/h2-5,8-13H,1,6-7,14-16H2,(H,25,26,27);3-7,10-13H,1-2,8-9,14-16H2,(H,22,23,24);2-3,6-9,12H,1,4-5,10-11,13H2,(H,25,26,27). The molecule has 0 atom stereocenters. The van der Waals surface area contributed by atoms with Crippen LogP contribution in [0.25, 0.3) is 43.6 Å². The third kappa shape index (κ3) is 13.8. The Bertz CT molecular complexity index is 3650. The molecule has 17 heteroatoms. The molecule has 10 aromatic rings. The summed E-state index contributed by atoms with van der Waals surface area (Å²) in [5, 5.41) is 14.5. The van der Waals surface area contributed by atoms with Crippen molar-refractivity contribution in [2.75, 3.05) is 69.9 Å². The first-order chi connectivity index (χ1) is 39.8. The second-order valence-electron chi connectivity index (χ2n) is 20.7. The molecular weight excluding hydrogens is 1020 g/mol. The Kier molecular flexibility index (Phi) is 17.4. The van der Waals surface area contributed by atoms with Crippen molar-refractivity contribution in [2.24, 2.45) is 0 Å². The molecule has 5 aromatic heterocycles. The van der Waals surface area contributed by atoms with E-state index < -0.39 is 11.9 Å². The predicted octanol–water partition coefficient (Wildman–Crippen LogP) is 14.0. The first-order valence-electron chi connectivity index (χ1n) is 28.4. The number of para-hydroxylation sites is 4. The van der Waals surface area contributed by atoms with Gasteiger partial charge in [-0.15, -0.1) is 0 Å². The van der Waals surface area contributed by atoms with Crippen LogP contribution in [0, 0.1) is 0 Å². The van der Waals surface area contributed by atoms with E-state index in [-0.39, 0.29) is 0 Å². The highest BCUT2D eigenvalue weighted by molar-refractivity contribution is 5.92. The number of nitrogens with zero attached hydrogens (tertiary/aromatic N) is 11. The third-order valence-electron chi connectivity index (χ3n) is 15.0. The Morgan fingerprint density at radius 1 is 0.358 bits per heavy atom. The minimum absolute atomic E-state index is 0.325. The summed E-state index contributed by atoms with van der Waals surface area (Å²) < 4.78 is 38.0. The van der Waals surface area contributed by atoms with Gasteiger partial charge in [0.1, 0.15) is 23.1 Å². The van der Waals surface area contributed by atoms with Gasteiger partial charge in [0.2, 0.25) is 17.8 Å². The van der Waals surface area contributed by atoms with Crippen molar-refractivity contribution < 1.29 is 13.2 Å². The van der Waals surface area contributed by atoms with Crippen LogP contribution in [0.4, 0.5) is 48.5 Å². The molecule has 0 radical (unpaired) electrons. The predicted molar refractivity (Wildman–Crippen MR) is 321 cm³/mol. The fourth-order valence-corrected chi connectivity index (χ4v) is 10.6. The molecule has 0 spiro atoms. The summed E-state index contributed by atoms with van der Waals surface area (Å²) in [4.78, 5) is 43.6. The average Bonchev–Trinajstić information content (AvgIpc) is 3.83. The van der Waals surface area contributed by atoms with Gasteiger partial charge in [0.25, 0.3) is 0 Å². The molecule has 0 saturated carbocycles. The zero-order valence-electron chi connectivity index (χ0n) is 45.5. The van der Waals surface area contributed by atoms with Crippen LogP contribution in [0.2, 0.25) is 0 Å². The fraction of sp³-hybridized carbons (Fsp3) is 0.312. The number of fused-ring (bicyclic) bond motifs is 4. The van der Waals surface area contributed by atoms with Crippen molar-refractivity contribution in [1.29, 1.82) is 0 Å². The molecule has 414 valence electrons. The molecule has 14 nitrogen and oxygen atoms in total. The summed E-state index contributed by atoms with van der Waals surface area (Å²) in [5.74, 6) is 4.87. The second kappa shape index (κ2) is 26.0. The van der Waals surface area contributed by atoms with E-state index in [1.165, 1.54) is 80.1 Å². The van der Waals surface area contributed by atoms with Crippen LogP contribution in [0.5, 0.6) is 0 Å². The molecule has 3 fully saturated rings. The maximum absolute atomic E-state index is 12.7. The SMILES string of the molecule is FC(F)(F)c1ccc(CNc2nc(N3CCCCC3)nc3ccccc23)cn1.c1ccc(CNc2nc(N3CCCCCC3)nc3ccccc23)cc1.c1ccc2c(CNc3nc(N4CCCCC4)nc4ccccc34)ccnc2c1. The number of halogens is 3. The quantitative estimate of drug-likeness (QED) is 0.107. The largest absolute Gasteiger partial charge is 0.433 e. The van der Waals surface area contributed by atoms with Gasteiger partial charge >= 0.3 is 6.18 Å². The van der Waals surface area contributed by atoms with Crippen LogP contribution in [0.3, 0.4) is 0 Å². The van der Waals surface area contributed by atoms with Gasteiger partial charge in [0.05, 0.1) is 22.1 Å². The summed E-state index contributed by atoms with van der Waals surface area (Å²) in [6.07, 6.45) is 10.9. The van der Waals surface area contributed by atoms with Crippen LogP contribution < -0.4 is 30.7 Å². The van der Waals surface area contributed by atoms with E-state index in [0.717, 1.165) is 126 Å². The summed E-state index contributed by atoms with van der Waals surface area (Å²) in [6.45, 7) is 7.82. The Hall–Kier alpha value is -8.73. The van der Waals surface area contributed by atoms with E-state index in [9.17, 15) is 13.2 Å². The highest BCUT2D eigenvalue weighted by Gasteiger charge is 2.32. The average molecular weight is 1090 g/mol. The van der Waals surface area contributed by atoms with Crippen LogP contribution >= 0.6 is 0 Å². The highest BCUT2D eigenvalue weighted by Crippen LogP contribution is 2.31. The van der Waals surface area contributed by atoms with Crippen molar-refractivity contribution in [2.45, 2.75) is 90.0 Å². The zero-order valence-corrected chi connectivity index (χ0v) is 45.5. The Morgan fingerprint density at radius 3 is 1.20 bits per heavy atom. The molecule has 5 aromatic carbocycles. The molecule has 0 bridgehead atoms. The summed E-state index contributed by atoms with van der Waals surface area (Å²) in [7, 11) is 0. The number of nitrogens with one attached hydrogen (secondary N) is 3. The van der Waals surface area contributed by atoms with E-state index in [0.29, 0.717) is 30.4 Å². The first-order valence-corrected chi connectivity index (χ1v) is 28.4. The lowest BCUT2D eigenvalue weighted by molar-refractivity contribution is -0.141. The van der Waals surface area contributed by atoms with E-state index >= 15 is 0 Å². The van der Waals surface area contributed by atoms with Gasteiger partial charge in [-0.25, -0.2) is 15.0 Å². The van der Waals surface area contributed by atoms with Crippen molar-refractivity contribution in [3.63, 3.8) is 0 Å². The molecule has 13 rings (SSSR count). The lowest BCUT2D eigenvalue weighted by atomic mass is 10.1. The van der Waals surface area contributed by atoms with Crippen LogP contribution in [-0.4, -0.2) is 79.1 Å². The molecular formula is C64H67F3N14. The Labute approximate surface area is 470 Å². The van der Waals surface area contributed by atoms with E-state index in [2.05, 4.69) is 107 Å². The molecule has 0 unspecified atom stereocenters. The van der Waals surface area contributed by atoms with Crippen LogP contribution in [0.15, 0.2) is 158 Å². The fourth-order valence-electron chi connectivity index (χ4n) is 10.6. The molecule has 3 aliphatic heterocycles. The highest BCUT2D eigenvalue weighted by atomic mass is 19.4. The van der Waals surface area contributed by atoms with Gasteiger partial charge in [-0.2, -0.15) is 28.1 Å². The van der Waals surface area contributed by atoms with E-state index in [1.807, 2.05) is 72.9 Å². The second-order valence-corrected chi connectivity index (χ2v) is 20.7. The number of anilines is 6. The smallest absolute Gasteiger partial charge is 0.365 e. The molecule has 3 N–H and O–H groups in total. The molecule has 3 saturated heterocycles. The third-order valence-corrected chi connectivity index (χ3v) is 15.0. The minimum Gasteiger partial charge on any atom is -0.365 e. The number of benzene rings is 5. The van der Waals surface area contributed by atoms with Crippen molar-refractivity contribution >= 4 is 78.9 Å². The van der Waals surface area contributed by atoms with E-state index in [4.69, 9.17) is 29.9 Å². The van der Waals surface area contributed by atoms with Crippen molar-refractivity contribution in [3.8, 4) is 0 Å². The summed E-state index contributed by atoms with van der Waals surface area (Å²) >= 11 is 0. The van der Waals surface area contributed by atoms with E-state index in [1.54, 1.807) is 0 Å². The lowest BCUT2D eigenvalue weighted by Crippen LogP contribution is -2.31.